The van der Waals surface area contributed by atoms with Crippen molar-refractivity contribution in [1.29, 1.82) is 0 Å². The summed E-state index contributed by atoms with van der Waals surface area (Å²) in [7, 11) is 0.00376. The summed E-state index contributed by atoms with van der Waals surface area (Å²) in [4.78, 5) is 6.81. The maximum Gasteiger partial charge on any atom is 0.215 e. The highest BCUT2D eigenvalue weighted by Crippen LogP contribution is 2.32. The molecule has 2 aromatic rings. The Kier molecular flexibility index (Phi) is 7.50. The summed E-state index contributed by atoms with van der Waals surface area (Å²) in [5, 5.41) is 3.45. The summed E-state index contributed by atoms with van der Waals surface area (Å²) >= 11 is 0. The number of nitrogens with one attached hydrogen (secondary N) is 2. The predicted molar refractivity (Wildman–Crippen MR) is 123 cm³/mol. The van der Waals surface area contributed by atoms with E-state index in [1.807, 2.05) is 31.3 Å². The second kappa shape index (κ2) is 10.1. The molecule has 0 aromatic heterocycles. The van der Waals surface area contributed by atoms with E-state index in [0.717, 1.165) is 36.6 Å². The topological polar surface area (TPSA) is 73.8 Å². The highest BCUT2D eigenvalue weighted by Gasteiger charge is 2.28. The molecule has 1 heterocycles. The van der Waals surface area contributed by atoms with Gasteiger partial charge in [0.15, 0.2) is 5.96 Å². The Morgan fingerprint density at radius 1 is 1.10 bits per heavy atom. The molecule has 0 bridgehead atoms. The zero-order valence-corrected chi connectivity index (χ0v) is 18.8. The van der Waals surface area contributed by atoms with Crippen molar-refractivity contribution in [3.05, 3.63) is 71.3 Å². The van der Waals surface area contributed by atoms with Gasteiger partial charge < -0.3 is 10.2 Å². The van der Waals surface area contributed by atoms with Gasteiger partial charge in [0.25, 0.3) is 0 Å². The largest absolute Gasteiger partial charge is 0.352 e. The van der Waals surface area contributed by atoms with E-state index in [1.54, 1.807) is 0 Å². The van der Waals surface area contributed by atoms with Crippen LogP contribution in [-0.4, -0.2) is 46.5 Å². The smallest absolute Gasteiger partial charge is 0.215 e. The Morgan fingerprint density at radius 2 is 1.77 bits per heavy atom. The first-order valence-electron chi connectivity index (χ1n) is 10.4. The lowest BCUT2D eigenvalue weighted by Gasteiger charge is -2.39. The second-order valence-electron chi connectivity index (χ2n) is 7.91. The van der Waals surface area contributed by atoms with Crippen LogP contribution in [0.5, 0.6) is 0 Å². The van der Waals surface area contributed by atoms with E-state index in [2.05, 4.69) is 57.2 Å². The molecule has 0 amide bonds. The first-order valence-corrected chi connectivity index (χ1v) is 12.1. The van der Waals surface area contributed by atoms with Gasteiger partial charge in [-0.05, 0) is 42.0 Å². The standard InChI is InChI=1S/C23H32N4O2S/c1-18-16-27(14-13-22(18)21-7-5-4-6-8-21)23(24-2)26-15-19-9-11-20(12-10-19)17-30(28,29)25-3/h4-12,18,22,25H,13-17H2,1-3H3,(H,24,26). The first-order chi connectivity index (χ1) is 14.4. The Hall–Kier alpha value is -2.38. The number of nitrogens with zero attached hydrogens (tertiary/aromatic N) is 2. The third-order valence-corrected chi connectivity index (χ3v) is 7.12. The summed E-state index contributed by atoms with van der Waals surface area (Å²) in [6, 6.07) is 18.4. The van der Waals surface area contributed by atoms with E-state index in [1.165, 1.54) is 12.6 Å². The SMILES string of the molecule is CN=C(NCc1ccc(CS(=O)(=O)NC)cc1)N1CCC(c2ccccc2)C(C)C1. The average Bonchev–Trinajstić information content (AvgIpc) is 2.76. The monoisotopic (exact) mass is 428 g/mol. The fourth-order valence-corrected chi connectivity index (χ4v) is 4.87. The van der Waals surface area contributed by atoms with Crippen molar-refractivity contribution >= 4 is 16.0 Å². The van der Waals surface area contributed by atoms with Crippen LogP contribution in [0.25, 0.3) is 0 Å². The highest BCUT2D eigenvalue weighted by atomic mass is 32.2. The van der Waals surface area contributed by atoms with Crippen LogP contribution in [0.15, 0.2) is 59.6 Å². The maximum absolute atomic E-state index is 11.7. The minimum Gasteiger partial charge on any atom is -0.352 e. The molecule has 6 nitrogen and oxygen atoms in total. The summed E-state index contributed by atoms with van der Waals surface area (Å²) in [5.41, 5.74) is 3.29. The number of hydrogen-bond acceptors (Lipinski definition) is 3. The average molecular weight is 429 g/mol. The predicted octanol–water partition coefficient (Wildman–Crippen LogP) is 2.94. The van der Waals surface area contributed by atoms with Gasteiger partial charge in [-0.1, -0.05) is 61.5 Å². The summed E-state index contributed by atoms with van der Waals surface area (Å²) < 4.78 is 25.7. The van der Waals surface area contributed by atoms with Gasteiger partial charge in [-0.15, -0.1) is 0 Å². The van der Waals surface area contributed by atoms with Gasteiger partial charge in [0.1, 0.15) is 0 Å². The van der Waals surface area contributed by atoms with Crippen LogP contribution in [0.3, 0.4) is 0 Å². The third kappa shape index (κ3) is 5.83. The molecule has 2 unspecified atom stereocenters. The Bertz CT molecular complexity index is 943. The molecule has 7 heteroatoms. The van der Waals surface area contributed by atoms with E-state index in [9.17, 15) is 8.42 Å². The molecule has 0 radical (unpaired) electrons. The number of aliphatic imine (C=N–C) groups is 1. The molecule has 0 spiro atoms. The number of sulfonamides is 1. The Morgan fingerprint density at radius 3 is 2.37 bits per heavy atom. The van der Waals surface area contributed by atoms with Crippen molar-refractivity contribution in [2.75, 3.05) is 27.2 Å². The van der Waals surface area contributed by atoms with Gasteiger partial charge in [0.05, 0.1) is 5.75 Å². The fourth-order valence-electron chi connectivity index (χ4n) is 4.09. The molecule has 1 aliphatic heterocycles. The number of guanidine groups is 1. The number of likely N-dealkylation sites (tertiary alicyclic amines) is 1. The lowest BCUT2D eigenvalue weighted by molar-refractivity contribution is 0.234. The van der Waals surface area contributed by atoms with Gasteiger partial charge in [-0.2, -0.15) is 0 Å². The van der Waals surface area contributed by atoms with Crippen LogP contribution in [0.4, 0.5) is 0 Å². The maximum atomic E-state index is 11.7. The fraction of sp³-hybridized carbons (Fsp3) is 0.435. The van der Waals surface area contributed by atoms with Crippen molar-refractivity contribution in [3.8, 4) is 0 Å². The van der Waals surface area contributed by atoms with Crippen molar-refractivity contribution in [1.82, 2.24) is 14.9 Å². The van der Waals surface area contributed by atoms with Crippen LogP contribution in [0.2, 0.25) is 0 Å². The molecule has 30 heavy (non-hydrogen) atoms. The van der Waals surface area contributed by atoms with Gasteiger partial charge in [0.2, 0.25) is 10.0 Å². The molecule has 0 aliphatic carbocycles. The quantitative estimate of drug-likeness (QED) is 0.548. The molecule has 162 valence electrons. The van der Waals surface area contributed by atoms with Crippen molar-refractivity contribution in [3.63, 3.8) is 0 Å². The molecule has 2 N–H and O–H groups in total. The zero-order chi connectivity index (χ0) is 21.6. The summed E-state index contributed by atoms with van der Waals surface area (Å²) in [6.45, 7) is 4.91. The molecule has 1 aliphatic rings. The molecule has 1 saturated heterocycles. The van der Waals surface area contributed by atoms with Gasteiger partial charge >= 0.3 is 0 Å². The Balaban J connectivity index is 1.55. The summed E-state index contributed by atoms with van der Waals surface area (Å²) in [6.07, 6.45) is 1.11. The van der Waals surface area contributed by atoms with E-state index in [0.29, 0.717) is 18.4 Å². The van der Waals surface area contributed by atoms with Gasteiger partial charge in [-0.25, -0.2) is 13.1 Å². The lowest BCUT2D eigenvalue weighted by atomic mass is 9.82. The highest BCUT2D eigenvalue weighted by molar-refractivity contribution is 7.88. The van der Waals surface area contributed by atoms with E-state index < -0.39 is 10.0 Å². The first kappa shape index (κ1) is 22.3. The normalized spacial score (nSPS) is 20.2. The van der Waals surface area contributed by atoms with Crippen LogP contribution in [0.1, 0.15) is 36.0 Å². The number of rotatable bonds is 6. The molecular formula is C23H32N4O2S. The minimum absolute atomic E-state index is 0.00682. The van der Waals surface area contributed by atoms with Crippen molar-refractivity contribution in [2.24, 2.45) is 10.9 Å². The molecule has 2 atom stereocenters. The molecule has 1 fully saturated rings. The van der Waals surface area contributed by atoms with E-state index in [-0.39, 0.29) is 5.75 Å². The number of piperidine rings is 1. The van der Waals surface area contributed by atoms with Crippen molar-refractivity contribution < 1.29 is 8.42 Å². The minimum atomic E-state index is -3.25. The number of hydrogen-bond donors (Lipinski definition) is 2. The molecule has 0 saturated carbocycles. The Labute approximate surface area is 180 Å². The molecular weight excluding hydrogens is 396 g/mol. The van der Waals surface area contributed by atoms with Gasteiger partial charge in [0, 0.05) is 26.7 Å². The van der Waals surface area contributed by atoms with Crippen LogP contribution in [0, 0.1) is 5.92 Å². The molecule has 3 rings (SSSR count). The van der Waals surface area contributed by atoms with E-state index in [4.69, 9.17) is 0 Å². The van der Waals surface area contributed by atoms with Crippen LogP contribution < -0.4 is 10.0 Å². The third-order valence-electron chi connectivity index (χ3n) is 5.79. The van der Waals surface area contributed by atoms with Crippen LogP contribution in [-0.2, 0) is 22.3 Å². The lowest BCUT2D eigenvalue weighted by Crippen LogP contribution is -2.47. The van der Waals surface area contributed by atoms with Gasteiger partial charge in [-0.3, -0.25) is 4.99 Å². The van der Waals surface area contributed by atoms with E-state index >= 15 is 0 Å². The molecule has 2 aromatic carbocycles. The zero-order valence-electron chi connectivity index (χ0n) is 18.0. The number of benzene rings is 2. The second-order valence-corrected chi connectivity index (χ2v) is 9.84. The summed E-state index contributed by atoms with van der Waals surface area (Å²) in [5.74, 6) is 2.04. The van der Waals surface area contributed by atoms with Crippen LogP contribution >= 0.6 is 0 Å². The van der Waals surface area contributed by atoms with Crippen molar-refractivity contribution in [2.45, 2.75) is 31.6 Å².